The number of aromatic nitrogens is 2. The molecule has 0 aromatic carbocycles. The van der Waals surface area contributed by atoms with Crippen LogP contribution in [0, 0.1) is 0 Å². The Labute approximate surface area is 108 Å². The third kappa shape index (κ3) is 3.11. The summed E-state index contributed by atoms with van der Waals surface area (Å²) in [6.07, 6.45) is 5.23. The number of hydrogen-bond donors (Lipinski definition) is 0. The summed E-state index contributed by atoms with van der Waals surface area (Å²) in [4.78, 5) is 21.9. The minimum atomic E-state index is 0.144. The molecule has 0 N–H and O–H groups in total. The highest BCUT2D eigenvalue weighted by molar-refractivity contribution is 14.1. The molecule has 0 spiro atoms. The van der Waals surface area contributed by atoms with Gasteiger partial charge < -0.3 is 4.90 Å². The van der Waals surface area contributed by atoms with E-state index >= 15 is 0 Å². The first-order valence-corrected chi connectivity index (χ1v) is 6.15. The van der Waals surface area contributed by atoms with Gasteiger partial charge in [-0.15, -0.1) is 0 Å². The Bertz CT molecular complexity index is 351. The molecule has 1 amide bonds. The summed E-state index contributed by atoms with van der Waals surface area (Å²) in [6, 6.07) is 0. The molecule has 0 aliphatic carbocycles. The Morgan fingerprint density at radius 1 is 1.31 bits per heavy atom. The van der Waals surface area contributed by atoms with E-state index in [-0.39, 0.29) is 5.91 Å². The fourth-order valence-electron chi connectivity index (χ4n) is 1.62. The SMILES string of the molecule is O=C(Cc1cnccn1)N1CCN(I)CC1. The predicted octanol–water partition coefficient (Wildman–Crippen LogP) is 0.513. The maximum atomic E-state index is 11.9. The van der Waals surface area contributed by atoms with Crippen LogP contribution in [0.2, 0.25) is 0 Å². The molecule has 16 heavy (non-hydrogen) atoms. The summed E-state index contributed by atoms with van der Waals surface area (Å²) < 4.78 is 2.20. The summed E-state index contributed by atoms with van der Waals surface area (Å²) in [6.45, 7) is 3.49. The molecule has 2 rings (SSSR count). The fraction of sp³-hybridized carbons (Fsp3) is 0.500. The van der Waals surface area contributed by atoms with E-state index in [0.717, 1.165) is 31.9 Å². The highest BCUT2D eigenvalue weighted by Gasteiger charge is 2.19. The third-order valence-electron chi connectivity index (χ3n) is 2.53. The molecule has 6 heteroatoms. The molecule has 1 saturated heterocycles. The van der Waals surface area contributed by atoms with E-state index in [2.05, 4.69) is 35.9 Å². The minimum Gasteiger partial charge on any atom is -0.340 e. The molecule has 1 aromatic heterocycles. The van der Waals surface area contributed by atoms with E-state index in [9.17, 15) is 4.79 Å². The molecule has 0 radical (unpaired) electrons. The van der Waals surface area contributed by atoms with Crippen molar-refractivity contribution < 1.29 is 4.79 Å². The van der Waals surface area contributed by atoms with Crippen LogP contribution in [-0.2, 0) is 11.2 Å². The smallest absolute Gasteiger partial charge is 0.228 e. The van der Waals surface area contributed by atoms with E-state index in [4.69, 9.17) is 0 Å². The van der Waals surface area contributed by atoms with Crippen molar-refractivity contribution in [1.29, 1.82) is 0 Å². The number of nitrogens with zero attached hydrogens (tertiary/aromatic N) is 4. The van der Waals surface area contributed by atoms with E-state index in [0.29, 0.717) is 6.42 Å². The molecule has 5 nitrogen and oxygen atoms in total. The van der Waals surface area contributed by atoms with Gasteiger partial charge in [-0.25, -0.2) is 3.11 Å². The van der Waals surface area contributed by atoms with Crippen LogP contribution in [0.1, 0.15) is 5.69 Å². The molecule has 1 aliphatic rings. The standard InChI is InChI=1S/C10H13IN4O/c11-15-5-3-14(4-6-15)10(16)7-9-8-12-1-2-13-9/h1-2,8H,3-7H2. The van der Waals surface area contributed by atoms with Gasteiger partial charge in [0.15, 0.2) is 0 Å². The summed E-state index contributed by atoms with van der Waals surface area (Å²) in [7, 11) is 0. The van der Waals surface area contributed by atoms with E-state index < -0.39 is 0 Å². The molecule has 0 bridgehead atoms. The maximum absolute atomic E-state index is 11.9. The first kappa shape index (κ1) is 11.7. The molecule has 2 heterocycles. The van der Waals surface area contributed by atoms with Crippen molar-refractivity contribution in [3.8, 4) is 0 Å². The summed E-state index contributed by atoms with van der Waals surface area (Å²) in [5.74, 6) is 0.144. The number of piperazine rings is 1. The average molecular weight is 332 g/mol. The molecule has 1 aliphatic heterocycles. The zero-order valence-electron chi connectivity index (χ0n) is 8.84. The van der Waals surface area contributed by atoms with Gasteiger partial charge in [-0.2, -0.15) is 0 Å². The molecule has 0 saturated carbocycles. The minimum absolute atomic E-state index is 0.144. The van der Waals surface area contributed by atoms with Crippen LogP contribution in [0.3, 0.4) is 0 Å². The Balaban J connectivity index is 1.89. The van der Waals surface area contributed by atoms with Gasteiger partial charge >= 0.3 is 0 Å². The highest BCUT2D eigenvalue weighted by Crippen LogP contribution is 2.07. The van der Waals surface area contributed by atoms with Crippen LogP contribution >= 0.6 is 22.9 Å². The van der Waals surface area contributed by atoms with Crippen molar-refractivity contribution in [3.63, 3.8) is 0 Å². The van der Waals surface area contributed by atoms with Crippen LogP contribution < -0.4 is 0 Å². The van der Waals surface area contributed by atoms with Gasteiger partial charge in [-0.3, -0.25) is 14.8 Å². The second-order valence-corrected chi connectivity index (χ2v) is 5.03. The molecule has 0 unspecified atom stereocenters. The van der Waals surface area contributed by atoms with Gasteiger partial charge in [0.05, 0.1) is 12.1 Å². The van der Waals surface area contributed by atoms with E-state index in [1.807, 2.05) is 4.90 Å². The number of carbonyl (C=O) groups excluding carboxylic acids is 1. The van der Waals surface area contributed by atoms with Crippen molar-refractivity contribution in [2.75, 3.05) is 26.2 Å². The lowest BCUT2D eigenvalue weighted by molar-refractivity contribution is -0.131. The lowest BCUT2D eigenvalue weighted by atomic mass is 10.2. The molecular formula is C10H13IN4O. The maximum Gasteiger partial charge on any atom is 0.228 e. The zero-order valence-corrected chi connectivity index (χ0v) is 11.0. The van der Waals surface area contributed by atoms with Crippen molar-refractivity contribution in [2.45, 2.75) is 6.42 Å². The number of rotatable bonds is 2. The van der Waals surface area contributed by atoms with Gasteiger partial charge in [0.25, 0.3) is 0 Å². The largest absolute Gasteiger partial charge is 0.340 e. The van der Waals surface area contributed by atoms with Crippen molar-refractivity contribution in [3.05, 3.63) is 24.3 Å². The van der Waals surface area contributed by atoms with Crippen LogP contribution in [0.15, 0.2) is 18.6 Å². The Hall–Kier alpha value is -0.760. The topological polar surface area (TPSA) is 49.3 Å². The van der Waals surface area contributed by atoms with Crippen molar-refractivity contribution >= 4 is 28.8 Å². The average Bonchev–Trinajstić information content (AvgIpc) is 2.31. The Morgan fingerprint density at radius 3 is 2.69 bits per heavy atom. The normalized spacial score (nSPS) is 17.4. The molecule has 86 valence electrons. The first-order chi connectivity index (χ1) is 7.75. The van der Waals surface area contributed by atoms with Crippen molar-refractivity contribution in [1.82, 2.24) is 18.0 Å². The molecule has 1 aromatic rings. The molecular weight excluding hydrogens is 319 g/mol. The van der Waals surface area contributed by atoms with Crippen LogP contribution in [0.4, 0.5) is 0 Å². The zero-order chi connectivity index (χ0) is 11.4. The fourth-order valence-corrected chi connectivity index (χ4v) is 2.05. The van der Waals surface area contributed by atoms with Gasteiger partial charge in [0, 0.05) is 67.6 Å². The lowest BCUT2D eigenvalue weighted by Gasteiger charge is -2.31. The quantitative estimate of drug-likeness (QED) is 0.585. The van der Waals surface area contributed by atoms with Gasteiger partial charge in [0.2, 0.25) is 5.91 Å². The van der Waals surface area contributed by atoms with Gasteiger partial charge in [0.1, 0.15) is 0 Å². The Kier molecular flexibility index (Phi) is 4.05. The monoisotopic (exact) mass is 332 g/mol. The van der Waals surface area contributed by atoms with Crippen LogP contribution in [0.5, 0.6) is 0 Å². The number of halogens is 1. The highest BCUT2D eigenvalue weighted by atomic mass is 127. The van der Waals surface area contributed by atoms with Gasteiger partial charge in [-0.1, -0.05) is 0 Å². The number of carbonyl (C=O) groups is 1. The van der Waals surface area contributed by atoms with Gasteiger partial charge in [-0.05, 0) is 0 Å². The number of hydrogen-bond acceptors (Lipinski definition) is 4. The first-order valence-electron chi connectivity index (χ1n) is 5.19. The number of amides is 1. The lowest BCUT2D eigenvalue weighted by Crippen LogP contribution is -2.45. The Morgan fingerprint density at radius 2 is 2.06 bits per heavy atom. The third-order valence-corrected chi connectivity index (χ3v) is 3.49. The second-order valence-electron chi connectivity index (χ2n) is 3.66. The van der Waals surface area contributed by atoms with E-state index in [1.54, 1.807) is 18.6 Å². The van der Waals surface area contributed by atoms with Crippen LogP contribution in [-0.4, -0.2) is 50.1 Å². The van der Waals surface area contributed by atoms with Crippen molar-refractivity contribution in [2.24, 2.45) is 0 Å². The summed E-state index contributed by atoms with van der Waals surface area (Å²) in [5, 5.41) is 0. The van der Waals surface area contributed by atoms with E-state index in [1.165, 1.54) is 0 Å². The summed E-state index contributed by atoms with van der Waals surface area (Å²) in [5.41, 5.74) is 0.740. The van der Waals surface area contributed by atoms with Crippen LogP contribution in [0.25, 0.3) is 0 Å². The molecule has 0 atom stereocenters. The second kappa shape index (κ2) is 5.53. The predicted molar refractivity (Wildman–Crippen MR) is 67.9 cm³/mol. The molecule has 1 fully saturated rings. The summed E-state index contributed by atoms with van der Waals surface area (Å²) >= 11 is 2.29.